The first kappa shape index (κ1) is 10.4. The van der Waals surface area contributed by atoms with Crippen molar-refractivity contribution in [2.45, 2.75) is 20.4 Å². The Kier molecular flexibility index (Phi) is 2.47. The predicted octanol–water partition coefficient (Wildman–Crippen LogP) is 1.23. The van der Waals surface area contributed by atoms with Gasteiger partial charge in [0.25, 0.3) is 0 Å². The molecule has 6 heteroatoms. The van der Waals surface area contributed by atoms with Crippen LogP contribution in [0.5, 0.6) is 0 Å². The molecule has 2 rings (SSSR count). The van der Waals surface area contributed by atoms with Crippen LogP contribution < -0.4 is 0 Å². The van der Waals surface area contributed by atoms with Crippen LogP contribution in [0.25, 0.3) is 0 Å². The minimum atomic E-state index is -0.924. The fraction of sp³-hybridized carbons (Fsp3) is 0.300. The minimum absolute atomic E-state index is 0.306. The summed E-state index contributed by atoms with van der Waals surface area (Å²) in [6.07, 6.45) is 1.25. The average Bonchev–Trinajstić information content (AvgIpc) is 2.81. The molecule has 0 aromatic carbocycles. The lowest BCUT2D eigenvalue weighted by molar-refractivity contribution is 0.0696. The van der Waals surface area contributed by atoms with E-state index in [1.807, 2.05) is 11.5 Å². The Morgan fingerprint density at radius 1 is 1.56 bits per heavy atom. The van der Waals surface area contributed by atoms with Crippen molar-refractivity contribution in [3.63, 3.8) is 0 Å². The quantitative estimate of drug-likeness (QED) is 0.843. The first-order valence-electron chi connectivity index (χ1n) is 4.75. The Morgan fingerprint density at radius 2 is 2.31 bits per heavy atom. The molecule has 1 N–H and O–H groups in total. The predicted molar refractivity (Wildman–Crippen MR) is 54.3 cm³/mol. The lowest BCUT2D eigenvalue weighted by atomic mass is 10.2. The number of nitrogens with zero attached hydrogens (tertiary/aromatic N) is 3. The van der Waals surface area contributed by atoms with E-state index >= 15 is 0 Å². The number of aromatic carboxylic acids is 1. The van der Waals surface area contributed by atoms with Gasteiger partial charge in [-0.05, 0) is 19.9 Å². The third-order valence-electron chi connectivity index (χ3n) is 2.51. The molecule has 0 amide bonds. The van der Waals surface area contributed by atoms with Crippen LogP contribution in [-0.4, -0.2) is 25.8 Å². The van der Waals surface area contributed by atoms with Gasteiger partial charge in [0.1, 0.15) is 0 Å². The molecule has 0 aliphatic rings. The Bertz CT molecular complexity index is 514. The van der Waals surface area contributed by atoms with Crippen molar-refractivity contribution in [1.29, 1.82) is 0 Å². The standard InChI is InChI=1S/C10H11N3O3/c1-6-3-8(10(14)15)7(2)13(6)4-9-11-5-16-12-9/h3,5H,4H2,1-2H3,(H,14,15). The molecule has 0 saturated heterocycles. The Balaban J connectivity index is 2.38. The second-order valence-electron chi connectivity index (χ2n) is 3.52. The van der Waals surface area contributed by atoms with Gasteiger partial charge >= 0.3 is 5.97 Å². The van der Waals surface area contributed by atoms with Gasteiger partial charge in [0.05, 0.1) is 12.1 Å². The van der Waals surface area contributed by atoms with Crippen molar-refractivity contribution in [2.75, 3.05) is 0 Å². The zero-order valence-corrected chi connectivity index (χ0v) is 8.97. The van der Waals surface area contributed by atoms with Gasteiger partial charge in [0.2, 0.25) is 6.39 Å². The van der Waals surface area contributed by atoms with E-state index < -0.39 is 5.97 Å². The van der Waals surface area contributed by atoms with Crippen LogP contribution in [0.3, 0.4) is 0 Å². The number of aryl methyl sites for hydroxylation is 1. The van der Waals surface area contributed by atoms with E-state index in [0.29, 0.717) is 23.6 Å². The summed E-state index contributed by atoms with van der Waals surface area (Å²) < 4.78 is 6.47. The minimum Gasteiger partial charge on any atom is -0.478 e. The molecule has 0 unspecified atom stereocenters. The van der Waals surface area contributed by atoms with E-state index in [9.17, 15) is 4.79 Å². The monoisotopic (exact) mass is 221 g/mol. The lowest BCUT2D eigenvalue weighted by Gasteiger charge is -2.05. The highest BCUT2D eigenvalue weighted by molar-refractivity contribution is 5.89. The van der Waals surface area contributed by atoms with Gasteiger partial charge in [-0.3, -0.25) is 0 Å². The van der Waals surface area contributed by atoms with Crippen molar-refractivity contribution in [3.8, 4) is 0 Å². The molecule has 16 heavy (non-hydrogen) atoms. The smallest absolute Gasteiger partial charge is 0.337 e. The van der Waals surface area contributed by atoms with Crippen molar-refractivity contribution >= 4 is 5.97 Å². The first-order chi connectivity index (χ1) is 7.59. The van der Waals surface area contributed by atoms with Gasteiger partial charge in [-0.25, -0.2) is 4.79 Å². The summed E-state index contributed by atoms with van der Waals surface area (Å²) in [4.78, 5) is 14.8. The molecular weight excluding hydrogens is 210 g/mol. The van der Waals surface area contributed by atoms with Gasteiger partial charge in [0.15, 0.2) is 5.82 Å². The molecule has 84 valence electrons. The molecular formula is C10H11N3O3. The van der Waals surface area contributed by atoms with E-state index in [1.54, 1.807) is 13.0 Å². The number of rotatable bonds is 3. The molecule has 0 aliphatic heterocycles. The molecule has 0 fully saturated rings. The highest BCUT2D eigenvalue weighted by Gasteiger charge is 2.15. The highest BCUT2D eigenvalue weighted by Crippen LogP contribution is 2.15. The number of aromatic nitrogens is 3. The molecule has 0 saturated carbocycles. The Morgan fingerprint density at radius 3 is 2.81 bits per heavy atom. The zero-order chi connectivity index (χ0) is 11.7. The summed E-state index contributed by atoms with van der Waals surface area (Å²) in [6, 6.07) is 1.64. The number of hydrogen-bond donors (Lipinski definition) is 1. The first-order valence-corrected chi connectivity index (χ1v) is 4.75. The van der Waals surface area contributed by atoms with E-state index in [-0.39, 0.29) is 0 Å². The molecule has 6 nitrogen and oxygen atoms in total. The van der Waals surface area contributed by atoms with Crippen molar-refractivity contribution in [2.24, 2.45) is 0 Å². The second-order valence-corrected chi connectivity index (χ2v) is 3.52. The van der Waals surface area contributed by atoms with E-state index in [4.69, 9.17) is 5.11 Å². The SMILES string of the molecule is Cc1cc(C(=O)O)c(C)n1Cc1ncon1. The van der Waals surface area contributed by atoms with Crippen LogP contribution in [0.4, 0.5) is 0 Å². The molecule has 2 heterocycles. The maximum Gasteiger partial charge on any atom is 0.337 e. The normalized spacial score (nSPS) is 10.6. The number of carboxylic acid groups (broad SMARTS) is 1. The summed E-state index contributed by atoms with van der Waals surface area (Å²) in [5.41, 5.74) is 1.86. The van der Waals surface area contributed by atoms with Crippen molar-refractivity contribution in [1.82, 2.24) is 14.7 Å². The molecule has 0 atom stereocenters. The topological polar surface area (TPSA) is 81.1 Å². The molecule has 0 aliphatic carbocycles. The van der Waals surface area contributed by atoms with Crippen LogP contribution in [0.2, 0.25) is 0 Å². The van der Waals surface area contributed by atoms with Crippen molar-refractivity contribution in [3.05, 3.63) is 35.2 Å². The fourth-order valence-corrected chi connectivity index (χ4v) is 1.66. The zero-order valence-electron chi connectivity index (χ0n) is 8.97. The molecule has 2 aromatic rings. The van der Waals surface area contributed by atoms with Crippen LogP contribution in [0.1, 0.15) is 27.6 Å². The summed E-state index contributed by atoms with van der Waals surface area (Å²) in [5, 5.41) is 12.7. The van der Waals surface area contributed by atoms with Crippen LogP contribution in [-0.2, 0) is 6.54 Å². The summed E-state index contributed by atoms with van der Waals surface area (Å²) >= 11 is 0. The van der Waals surface area contributed by atoms with Crippen LogP contribution in [0, 0.1) is 13.8 Å². The highest BCUT2D eigenvalue weighted by atomic mass is 16.5. The second kappa shape index (κ2) is 3.80. The molecule has 0 bridgehead atoms. The van der Waals surface area contributed by atoms with Gasteiger partial charge in [-0.1, -0.05) is 5.16 Å². The lowest BCUT2D eigenvalue weighted by Crippen LogP contribution is -2.06. The maximum atomic E-state index is 10.9. The third-order valence-corrected chi connectivity index (χ3v) is 2.51. The maximum absolute atomic E-state index is 10.9. The number of hydrogen-bond acceptors (Lipinski definition) is 4. The van der Waals surface area contributed by atoms with Crippen LogP contribution in [0.15, 0.2) is 17.0 Å². The van der Waals surface area contributed by atoms with E-state index in [0.717, 1.165) is 5.69 Å². The molecule has 2 aromatic heterocycles. The van der Waals surface area contributed by atoms with Gasteiger partial charge in [-0.2, -0.15) is 4.98 Å². The summed E-state index contributed by atoms with van der Waals surface area (Å²) in [6.45, 7) is 4.03. The molecule has 0 spiro atoms. The number of carboxylic acids is 1. The van der Waals surface area contributed by atoms with E-state index in [1.165, 1.54) is 6.39 Å². The summed E-state index contributed by atoms with van der Waals surface area (Å²) in [5.74, 6) is -0.397. The Hall–Kier alpha value is -2.11. The van der Waals surface area contributed by atoms with Crippen molar-refractivity contribution < 1.29 is 14.4 Å². The van der Waals surface area contributed by atoms with Gasteiger partial charge in [0, 0.05) is 11.4 Å². The van der Waals surface area contributed by atoms with E-state index in [2.05, 4.69) is 14.7 Å². The average molecular weight is 221 g/mol. The van der Waals surface area contributed by atoms with Crippen LogP contribution >= 0.6 is 0 Å². The largest absolute Gasteiger partial charge is 0.478 e. The van der Waals surface area contributed by atoms with Gasteiger partial charge < -0.3 is 14.2 Å². The summed E-state index contributed by atoms with van der Waals surface area (Å²) in [7, 11) is 0. The van der Waals surface area contributed by atoms with Gasteiger partial charge in [-0.15, -0.1) is 0 Å². The number of carbonyl (C=O) groups is 1. The Labute approximate surface area is 91.5 Å². The fourth-order valence-electron chi connectivity index (χ4n) is 1.66. The molecule has 0 radical (unpaired) electrons. The third kappa shape index (κ3) is 1.69.